The van der Waals surface area contributed by atoms with Crippen LogP contribution in [0.5, 0.6) is 0 Å². The second-order valence-corrected chi connectivity index (χ2v) is 4.62. The molecule has 2 rings (SSSR count). The van der Waals surface area contributed by atoms with Gasteiger partial charge in [0, 0.05) is 26.2 Å². The number of hydrogen-bond acceptors (Lipinski definition) is 3. The average molecular weight is 234 g/mol. The van der Waals surface area contributed by atoms with Crippen LogP contribution in [-0.2, 0) is 0 Å². The molecule has 17 heavy (non-hydrogen) atoms. The molecule has 0 aromatic carbocycles. The van der Waals surface area contributed by atoms with E-state index in [1.54, 1.807) is 0 Å². The van der Waals surface area contributed by atoms with E-state index in [1.165, 1.54) is 0 Å². The Morgan fingerprint density at radius 3 is 2.82 bits per heavy atom. The van der Waals surface area contributed by atoms with Crippen molar-refractivity contribution < 1.29 is 4.42 Å². The number of furan rings is 1. The third-order valence-electron chi connectivity index (χ3n) is 3.33. The summed E-state index contributed by atoms with van der Waals surface area (Å²) in [6.07, 6.45) is 4.12. The van der Waals surface area contributed by atoms with Gasteiger partial charge in [-0.2, -0.15) is 0 Å². The highest BCUT2D eigenvalue weighted by Gasteiger charge is 2.23. The molecule has 1 N–H and O–H groups in total. The summed E-state index contributed by atoms with van der Waals surface area (Å²) in [7, 11) is 0. The first-order valence-electron chi connectivity index (χ1n) is 6.43. The van der Waals surface area contributed by atoms with Gasteiger partial charge in [-0.25, -0.2) is 0 Å². The molecule has 1 aromatic rings. The molecule has 0 bridgehead atoms. The Hall–Kier alpha value is -1.06. The van der Waals surface area contributed by atoms with Crippen LogP contribution in [0.3, 0.4) is 0 Å². The first-order valence-corrected chi connectivity index (χ1v) is 6.43. The highest BCUT2D eigenvalue weighted by atomic mass is 16.3. The minimum atomic E-state index is 0.406. The Kier molecular flexibility index (Phi) is 4.40. The van der Waals surface area contributed by atoms with E-state index in [-0.39, 0.29) is 0 Å². The van der Waals surface area contributed by atoms with Gasteiger partial charge in [-0.15, -0.1) is 6.58 Å². The van der Waals surface area contributed by atoms with Crippen molar-refractivity contribution in [2.45, 2.75) is 25.8 Å². The molecule has 0 unspecified atom stereocenters. The topological polar surface area (TPSA) is 28.4 Å². The van der Waals surface area contributed by atoms with Crippen LogP contribution in [0.4, 0.5) is 0 Å². The molecule has 2 heterocycles. The van der Waals surface area contributed by atoms with E-state index in [0.717, 1.165) is 50.5 Å². The zero-order valence-corrected chi connectivity index (χ0v) is 10.6. The highest BCUT2D eigenvalue weighted by molar-refractivity contribution is 5.10. The summed E-state index contributed by atoms with van der Waals surface area (Å²) in [4.78, 5) is 2.51. The molecule has 0 spiro atoms. The van der Waals surface area contributed by atoms with E-state index in [1.807, 2.05) is 13.0 Å². The van der Waals surface area contributed by atoms with Crippen molar-refractivity contribution in [1.82, 2.24) is 10.2 Å². The molecular formula is C14H22N2O. The van der Waals surface area contributed by atoms with Crippen LogP contribution < -0.4 is 5.32 Å². The van der Waals surface area contributed by atoms with Crippen molar-refractivity contribution in [3.63, 3.8) is 0 Å². The Morgan fingerprint density at radius 2 is 2.24 bits per heavy atom. The molecule has 0 saturated carbocycles. The van der Waals surface area contributed by atoms with Crippen LogP contribution in [-0.4, -0.2) is 31.1 Å². The highest BCUT2D eigenvalue weighted by Crippen LogP contribution is 2.27. The molecule has 0 amide bonds. The maximum Gasteiger partial charge on any atom is 0.121 e. The van der Waals surface area contributed by atoms with Gasteiger partial charge in [0.25, 0.3) is 0 Å². The zero-order valence-electron chi connectivity index (χ0n) is 10.6. The lowest BCUT2D eigenvalue weighted by Gasteiger charge is -2.33. The van der Waals surface area contributed by atoms with Crippen molar-refractivity contribution in [2.24, 2.45) is 0 Å². The summed E-state index contributed by atoms with van der Waals surface area (Å²) in [5, 5.41) is 3.39. The summed E-state index contributed by atoms with van der Waals surface area (Å²) < 4.78 is 5.80. The standard InChI is InChI=1S/C14H22N2O/c1-3-4-5-13(14-7-6-12(2)17-14)16-10-8-15-9-11-16/h3,6-7,13,15H,1,4-5,8-11H2,2H3/t13-/m1/s1. The summed E-state index contributed by atoms with van der Waals surface area (Å²) in [6, 6.07) is 4.58. The Labute approximate surface area is 103 Å². The van der Waals surface area contributed by atoms with Crippen LogP contribution in [0.2, 0.25) is 0 Å². The van der Waals surface area contributed by atoms with Gasteiger partial charge in [0.1, 0.15) is 11.5 Å². The fraction of sp³-hybridized carbons (Fsp3) is 0.571. The van der Waals surface area contributed by atoms with Crippen LogP contribution in [0.15, 0.2) is 29.2 Å². The molecule has 0 aliphatic carbocycles. The number of aryl methyl sites for hydroxylation is 1. The monoisotopic (exact) mass is 234 g/mol. The molecule has 1 aromatic heterocycles. The van der Waals surface area contributed by atoms with Gasteiger partial charge >= 0.3 is 0 Å². The first kappa shape index (κ1) is 12.4. The molecule has 0 radical (unpaired) electrons. The van der Waals surface area contributed by atoms with Gasteiger partial charge < -0.3 is 9.73 Å². The van der Waals surface area contributed by atoms with Gasteiger partial charge in [-0.1, -0.05) is 6.08 Å². The fourth-order valence-corrected chi connectivity index (χ4v) is 2.41. The Balaban J connectivity index is 2.08. The third-order valence-corrected chi connectivity index (χ3v) is 3.33. The normalized spacial score (nSPS) is 19.1. The van der Waals surface area contributed by atoms with Gasteiger partial charge in [-0.3, -0.25) is 4.90 Å². The van der Waals surface area contributed by atoms with Gasteiger partial charge in [0.15, 0.2) is 0 Å². The SMILES string of the molecule is C=CCC[C@H](c1ccc(C)o1)N1CCNCC1. The van der Waals surface area contributed by atoms with Crippen LogP contribution >= 0.6 is 0 Å². The molecule has 3 nitrogen and oxygen atoms in total. The minimum absolute atomic E-state index is 0.406. The first-order chi connectivity index (χ1) is 8.31. The molecule has 94 valence electrons. The number of piperazine rings is 1. The summed E-state index contributed by atoms with van der Waals surface area (Å²) in [5.74, 6) is 2.10. The molecular weight excluding hydrogens is 212 g/mol. The number of hydrogen-bond donors (Lipinski definition) is 1. The smallest absolute Gasteiger partial charge is 0.121 e. The van der Waals surface area contributed by atoms with E-state index in [2.05, 4.69) is 28.9 Å². The lowest BCUT2D eigenvalue weighted by molar-refractivity contribution is 0.146. The molecule has 1 saturated heterocycles. The summed E-state index contributed by atoms with van der Waals surface area (Å²) in [5.41, 5.74) is 0. The van der Waals surface area contributed by atoms with Crippen molar-refractivity contribution in [1.29, 1.82) is 0 Å². The predicted octanol–water partition coefficient (Wildman–Crippen LogP) is 2.50. The largest absolute Gasteiger partial charge is 0.465 e. The number of rotatable bonds is 5. The maximum absolute atomic E-state index is 5.80. The number of nitrogens with zero attached hydrogens (tertiary/aromatic N) is 1. The van der Waals surface area contributed by atoms with E-state index >= 15 is 0 Å². The predicted molar refractivity (Wildman–Crippen MR) is 70.1 cm³/mol. The van der Waals surface area contributed by atoms with E-state index < -0.39 is 0 Å². The van der Waals surface area contributed by atoms with Gasteiger partial charge in [-0.05, 0) is 31.9 Å². The molecule has 1 aliphatic heterocycles. The molecule has 1 atom stereocenters. The Bertz CT molecular complexity index is 353. The summed E-state index contributed by atoms with van der Waals surface area (Å²) >= 11 is 0. The van der Waals surface area contributed by atoms with Crippen molar-refractivity contribution in [3.05, 3.63) is 36.3 Å². The van der Waals surface area contributed by atoms with E-state index in [4.69, 9.17) is 4.42 Å². The number of allylic oxidation sites excluding steroid dienone is 1. The minimum Gasteiger partial charge on any atom is -0.465 e. The zero-order chi connectivity index (χ0) is 12.1. The van der Waals surface area contributed by atoms with Crippen LogP contribution in [0, 0.1) is 6.92 Å². The fourth-order valence-electron chi connectivity index (χ4n) is 2.41. The van der Waals surface area contributed by atoms with Crippen molar-refractivity contribution >= 4 is 0 Å². The van der Waals surface area contributed by atoms with Crippen LogP contribution in [0.25, 0.3) is 0 Å². The van der Waals surface area contributed by atoms with Gasteiger partial charge in [0.05, 0.1) is 6.04 Å². The second kappa shape index (κ2) is 6.03. The average Bonchev–Trinajstić information content (AvgIpc) is 2.78. The van der Waals surface area contributed by atoms with Crippen molar-refractivity contribution in [3.8, 4) is 0 Å². The van der Waals surface area contributed by atoms with Crippen molar-refractivity contribution in [2.75, 3.05) is 26.2 Å². The summed E-state index contributed by atoms with van der Waals surface area (Å²) in [6.45, 7) is 10.2. The quantitative estimate of drug-likeness (QED) is 0.793. The van der Waals surface area contributed by atoms with Crippen LogP contribution in [0.1, 0.15) is 30.4 Å². The molecule has 3 heteroatoms. The Morgan fingerprint density at radius 1 is 1.47 bits per heavy atom. The third kappa shape index (κ3) is 3.20. The lowest BCUT2D eigenvalue weighted by Crippen LogP contribution is -2.45. The lowest BCUT2D eigenvalue weighted by atomic mass is 10.1. The van der Waals surface area contributed by atoms with Gasteiger partial charge in [0.2, 0.25) is 0 Å². The maximum atomic E-state index is 5.80. The molecule has 1 aliphatic rings. The molecule has 1 fully saturated rings. The van der Waals surface area contributed by atoms with E-state index in [9.17, 15) is 0 Å². The number of nitrogens with one attached hydrogen (secondary N) is 1. The van der Waals surface area contributed by atoms with E-state index in [0.29, 0.717) is 6.04 Å². The second-order valence-electron chi connectivity index (χ2n) is 4.62.